The molecular weight excluding hydrogens is 442 g/mol. The Hall–Kier alpha value is -3.51. The molecule has 0 N–H and O–H groups in total. The lowest BCUT2D eigenvalue weighted by atomic mass is 9.88. The van der Waals surface area contributed by atoms with Crippen LogP contribution >= 0.6 is 11.6 Å². The number of hydrogen-bond acceptors (Lipinski definition) is 5. The van der Waals surface area contributed by atoms with Crippen LogP contribution in [-0.2, 0) is 9.53 Å². The molecule has 1 amide bonds. The Balaban J connectivity index is 1.69. The number of rotatable bonds is 7. The molecule has 4 rings (SSSR count). The Morgan fingerprint density at radius 1 is 1.03 bits per heavy atom. The third-order valence-corrected chi connectivity index (χ3v) is 5.79. The van der Waals surface area contributed by atoms with Crippen LogP contribution < -0.4 is 14.4 Å². The van der Waals surface area contributed by atoms with Crippen molar-refractivity contribution in [2.24, 2.45) is 0 Å². The molecule has 7 heteroatoms. The summed E-state index contributed by atoms with van der Waals surface area (Å²) in [6.45, 7) is 3.93. The highest BCUT2D eigenvalue weighted by molar-refractivity contribution is 6.30. The van der Waals surface area contributed by atoms with Gasteiger partial charge in [-0.3, -0.25) is 9.69 Å². The molecule has 3 aromatic rings. The number of anilines is 1. The minimum atomic E-state index is -0.745. The van der Waals surface area contributed by atoms with Crippen LogP contribution in [0.2, 0.25) is 5.02 Å². The molecule has 3 aromatic carbocycles. The van der Waals surface area contributed by atoms with Crippen LogP contribution in [-0.4, -0.2) is 31.7 Å². The molecule has 1 aliphatic rings. The molecule has 1 heterocycles. The largest absolute Gasteiger partial charge is 0.496 e. The lowest BCUT2D eigenvalue weighted by Gasteiger charge is -2.47. The standard InChI is InChI=1S/C26H24ClNO5/c1-4-32-26(30)17-9-12-19(13-10-17)28-23(20-7-5-6-8-22(20)31-3)24(25(28)29)33-21-14-11-18(27)15-16(21)2/h5-15,23-24H,4H2,1-3H3. The van der Waals surface area contributed by atoms with E-state index in [1.807, 2.05) is 31.2 Å². The van der Waals surface area contributed by atoms with E-state index in [4.69, 9.17) is 25.8 Å². The molecule has 0 saturated carbocycles. The summed E-state index contributed by atoms with van der Waals surface area (Å²) in [7, 11) is 1.59. The number of esters is 1. The van der Waals surface area contributed by atoms with Crippen LogP contribution in [0, 0.1) is 6.92 Å². The Labute approximate surface area is 197 Å². The minimum absolute atomic E-state index is 0.191. The van der Waals surface area contributed by atoms with Crippen molar-refractivity contribution in [3.63, 3.8) is 0 Å². The Morgan fingerprint density at radius 3 is 2.42 bits per heavy atom. The Morgan fingerprint density at radius 2 is 1.76 bits per heavy atom. The van der Waals surface area contributed by atoms with Gasteiger partial charge in [0.1, 0.15) is 17.5 Å². The molecule has 2 atom stereocenters. The Kier molecular flexibility index (Phi) is 6.56. The highest BCUT2D eigenvalue weighted by atomic mass is 35.5. The number of β-lactam (4-membered cyclic amide) rings is 1. The first-order valence-electron chi connectivity index (χ1n) is 10.6. The van der Waals surface area contributed by atoms with Gasteiger partial charge in [0.2, 0.25) is 6.10 Å². The lowest BCUT2D eigenvalue weighted by molar-refractivity contribution is -0.135. The summed E-state index contributed by atoms with van der Waals surface area (Å²) in [5.74, 6) is 0.656. The van der Waals surface area contributed by atoms with E-state index in [2.05, 4.69) is 0 Å². The van der Waals surface area contributed by atoms with Gasteiger partial charge in [0.25, 0.3) is 5.91 Å². The smallest absolute Gasteiger partial charge is 0.338 e. The molecule has 33 heavy (non-hydrogen) atoms. The maximum absolute atomic E-state index is 13.3. The van der Waals surface area contributed by atoms with Gasteiger partial charge in [0, 0.05) is 16.3 Å². The summed E-state index contributed by atoms with van der Waals surface area (Å²) in [6, 6.07) is 19.2. The van der Waals surface area contributed by atoms with Crippen molar-refractivity contribution in [3.05, 3.63) is 88.4 Å². The first kappa shape index (κ1) is 22.7. The van der Waals surface area contributed by atoms with Crippen LogP contribution in [0.15, 0.2) is 66.7 Å². The average molecular weight is 466 g/mol. The molecule has 1 fully saturated rings. The molecule has 6 nitrogen and oxygen atoms in total. The molecule has 0 aromatic heterocycles. The van der Waals surface area contributed by atoms with Crippen molar-refractivity contribution < 1.29 is 23.8 Å². The highest BCUT2D eigenvalue weighted by Gasteiger charge is 2.52. The maximum Gasteiger partial charge on any atom is 0.338 e. The molecule has 2 unspecified atom stereocenters. The zero-order chi connectivity index (χ0) is 23.5. The normalized spacial score (nSPS) is 17.3. The van der Waals surface area contributed by atoms with Crippen LogP contribution in [0.4, 0.5) is 5.69 Å². The van der Waals surface area contributed by atoms with Crippen molar-refractivity contribution in [3.8, 4) is 11.5 Å². The van der Waals surface area contributed by atoms with Gasteiger partial charge in [0.15, 0.2) is 0 Å². The van der Waals surface area contributed by atoms with E-state index in [9.17, 15) is 9.59 Å². The third kappa shape index (κ3) is 4.39. The fraction of sp³-hybridized carbons (Fsp3) is 0.231. The predicted molar refractivity (Wildman–Crippen MR) is 126 cm³/mol. The molecule has 0 bridgehead atoms. The first-order chi connectivity index (χ1) is 15.9. The van der Waals surface area contributed by atoms with Crippen LogP contribution in [0.5, 0.6) is 11.5 Å². The van der Waals surface area contributed by atoms with E-state index in [-0.39, 0.29) is 5.91 Å². The van der Waals surface area contributed by atoms with Gasteiger partial charge in [0.05, 0.1) is 19.3 Å². The number of hydrogen-bond donors (Lipinski definition) is 0. The van der Waals surface area contributed by atoms with Crippen molar-refractivity contribution in [1.82, 2.24) is 0 Å². The van der Waals surface area contributed by atoms with Crippen molar-refractivity contribution >= 4 is 29.2 Å². The van der Waals surface area contributed by atoms with Crippen LogP contribution in [0.25, 0.3) is 0 Å². The molecule has 0 radical (unpaired) electrons. The van der Waals surface area contributed by atoms with Gasteiger partial charge >= 0.3 is 5.97 Å². The summed E-state index contributed by atoms with van der Waals surface area (Å²) in [4.78, 5) is 27.0. The van der Waals surface area contributed by atoms with Crippen LogP contribution in [0.1, 0.15) is 34.5 Å². The number of benzene rings is 3. The molecular formula is C26H24ClNO5. The Bertz CT molecular complexity index is 1180. The molecule has 170 valence electrons. The number of aryl methyl sites for hydroxylation is 1. The number of ether oxygens (including phenoxy) is 3. The number of amides is 1. The predicted octanol–water partition coefficient (Wildman–Crippen LogP) is 5.37. The highest BCUT2D eigenvalue weighted by Crippen LogP contribution is 2.44. The molecule has 0 spiro atoms. The van der Waals surface area contributed by atoms with E-state index in [1.165, 1.54) is 0 Å². The number of carbonyl (C=O) groups excluding carboxylic acids is 2. The quantitative estimate of drug-likeness (QED) is 0.346. The second-order valence-corrected chi connectivity index (χ2v) is 8.05. The minimum Gasteiger partial charge on any atom is -0.496 e. The second-order valence-electron chi connectivity index (χ2n) is 7.61. The molecule has 0 aliphatic carbocycles. The van der Waals surface area contributed by atoms with Gasteiger partial charge in [-0.05, 0) is 67.9 Å². The second kappa shape index (κ2) is 9.55. The van der Waals surface area contributed by atoms with E-state index in [0.29, 0.717) is 34.4 Å². The number of carbonyl (C=O) groups is 2. The third-order valence-electron chi connectivity index (χ3n) is 5.55. The zero-order valence-electron chi connectivity index (χ0n) is 18.6. The van der Waals surface area contributed by atoms with Gasteiger partial charge in [-0.15, -0.1) is 0 Å². The van der Waals surface area contributed by atoms with Crippen molar-refractivity contribution in [2.45, 2.75) is 26.0 Å². The number of nitrogens with zero attached hydrogens (tertiary/aromatic N) is 1. The lowest BCUT2D eigenvalue weighted by Crippen LogP contribution is -2.61. The van der Waals surface area contributed by atoms with Gasteiger partial charge in [-0.1, -0.05) is 29.8 Å². The first-order valence-corrected chi connectivity index (χ1v) is 11.0. The van der Waals surface area contributed by atoms with E-state index in [0.717, 1.165) is 11.1 Å². The van der Waals surface area contributed by atoms with Gasteiger partial charge in [-0.2, -0.15) is 0 Å². The fourth-order valence-electron chi connectivity index (χ4n) is 3.93. The maximum atomic E-state index is 13.3. The van der Waals surface area contributed by atoms with Gasteiger partial charge in [-0.25, -0.2) is 4.79 Å². The number of halogens is 1. The topological polar surface area (TPSA) is 65.1 Å². The van der Waals surface area contributed by atoms with E-state index in [1.54, 1.807) is 61.4 Å². The summed E-state index contributed by atoms with van der Waals surface area (Å²) in [6.07, 6.45) is -0.745. The molecule has 1 aliphatic heterocycles. The average Bonchev–Trinajstić information content (AvgIpc) is 2.82. The van der Waals surface area contributed by atoms with E-state index < -0.39 is 18.1 Å². The summed E-state index contributed by atoms with van der Waals surface area (Å²) < 4.78 is 16.8. The molecule has 1 saturated heterocycles. The number of methoxy groups -OCH3 is 1. The monoisotopic (exact) mass is 465 g/mol. The number of para-hydroxylation sites is 1. The summed E-state index contributed by atoms with van der Waals surface area (Å²) >= 11 is 6.07. The van der Waals surface area contributed by atoms with Crippen LogP contribution in [0.3, 0.4) is 0 Å². The van der Waals surface area contributed by atoms with Crippen molar-refractivity contribution in [1.29, 1.82) is 0 Å². The zero-order valence-corrected chi connectivity index (χ0v) is 19.3. The SMILES string of the molecule is CCOC(=O)c1ccc(N2C(=O)C(Oc3ccc(Cl)cc3C)C2c2ccccc2OC)cc1. The van der Waals surface area contributed by atoms with E-state index >= 15 is 0 Å². The fourth-order valence-corrected chi connectivity index (χ4v) is 4.16. The van der Waals surface area contributed by atoms with Crippen molar-refractivity contribution in [2.75, 3.05) is 18.6 Å². The summed E-state index contributed by atoms with van der Waals surface area (Å²) in [5.41, 5.74) is 2.74. The summed E-state index contributed by atoms with van der Waals surface area (Å²) in [5, 5.41) is 0.601. The van der Waals surface area contributed by atoms with Gasteiger partial charge < -0.3 is 14.2 Å².